The van der Waals surface area contributed by atoms with E-state index in [0.717, 1.165) is 17.3 Å². The Hall–Kier alpha value is -1.30. The van der Waals surface area contributed by atoms with E-state index in [4.69, 9.17) is 12.2 Å². The van der Waals surface area contributed by atoms with Crippen LogP contribution in [0, 0.1) is 0 Å². The smallest absolute Gasteiger partial charge is 0.174 e. The van der Waals surface area contributed by atoms with Crippen molar-refractivity contribution in [2.75, 3.05) is 37.1 Å². The van der Waals surface area contributed by atoms with Crippen LogP contribution in [0.2, 0.25) is 0 Å². The minimum atomic E-state index is 0.740. The lowest BCUT2D eigenvalue weighted by Gasteiger charge is -2.03. The first-order chi connectivity index (χ1) is 6.28. The largest absolute Gasteiger partial charge is 0.382 e. The van der Waals surface area contributed by atoms with E-state index >= 15 is 0 Å². The van der Waals surface area contributed by atoms with E-state index in [1.165, 1.54) is 4.68 Å². The highest BCUT2D eigenvalue weighted by molar-refractivity contribution is 7.78. The van der Waals surface area contributed by atoms with Crippen molar-refractivity contribution < 1.29 is 0 Å². The van der Waals surface area contributed by atoms with Crippen LogP contribution in [0.15, 0.2) is 0 Å². The molecule has 0 saturated heterocycles. The summed E-state index contributed by atoms with van der Waals surface area (Å²) < 4.78 is 1.48. The standard InChI is InChI=1S/C7H12N5S/c1-8-5-6(9-2)11-12(4-13)7(5)10-3/h8,10H,1-3H3,(H,9,11). The van der Waals surface area contributed by atoms with Crippen molar-refractivity contribution in [2.45, 2.75) is 0 Å². The van der Waals surface area contributed by atoms with Gasteiger partial charge in [0.2, 0.25) is 0 Å². The Labute approximate surface area is 82.5 Å². The molecule has 1 radical (unpaired) electrons. The highest BCUT2D eigenvalue weighted by atomic mass is 32.1. The fraction of sp³-hybridized carbons (Fsp3) is 0.429. The van der Waals surface area contributed by atoms with Crippen molar-refractivity contribution in [3.63, 3.8) is 0 Å². The highest BCUT2D eigenvalue weighted by Crippen LogP contribution is 2.28. The molecule has 0 aliphatic heterocycles. The molecule has 0 spiro atoms. The van der Waals surface area contributed by atoms with E-state index in [0.29, 0.717) is 0 Å². The van der Waals surface area contributed by atoms with Gasteiger partial charge in [0, 0.05) is 21.1 Å². The van der Waals surface area contributed by atoms with Gasteiger partial charge < -0.3 is 16.0 Å². The number of hydrogen-bond donors (Lipinski definition) is 3. The molecule has 0 aliphatic rings. The fourth-order valence-corrected chi connectivity index (χ4v) is 1.26. The van der Waals surface area contributed by atoms with Crippen molar-refractivity contribution in [1.29, 1.82) is 0 Å². The molecule has 71 valence electrons. The summed E-state index contributed by atoms with van der Waals surface area (Å²) in [5.74, 6) is 1.53. The third-order valence-corrected chi connectivity index (χ3v) is 1.87. The Morgan fingerprint density at radius 1 is 1.23 bits per heavy atom. The maximum absolute atomic E-state index is 4.70. The second kappa shape index (κ2) is 4.08. The minimum Gasteiger partial charge on any atom is -0.382 e. The quantitative estimate of drug-likeness (QED) is 0.621. The number of thiocarbonyl (C=S) groups is 1. The summed E-state index contributed by atoms with van der Waals surface area (Å²) >= 11 is 4.70. The minimum absolute atomic E-state index is 0.740. The zero-order valence-electron chi connectivity index (χ0n) is 7.80. The molecule has 0 fully saturated rings. The number of rotatable bonds is 4. The predicted octanol–water partition coefficient (Wildman–Crippen LogP) is 0.690. The van der Waals surface area contributed by atoms with Crippen LogP contribution in [0.25, 0.3) is 0 Å². The van der Waals surface area contributed by atoms with Gasteiger partial charge in [-0.05, 0) is 0 Å². The van der Waals surface area contributed by atoms with Crippen LogP contribution in [0.4, 0.5) is 17.3 Å². The number of aromatic nitrogens is 2. The molecular weight excluding hydrogens is 186 g/mol. The van der Waals surface area contributed by atoms with Crippen LogP contribution in [0.3, 0.4) is 0 Å². The Kier molecular flexibility index (Phi) is 3.07. The third-order valence-electron chi connectivity index (χ3n) is 1.70. The van der Waals surface area contributed by atoms with E-state index < -0.39 is 0 Å². The Balaban J connectivity index is 3.25. The maximum atomic E-state index is 4.70. The van der Waals surface area contributed by atoms with Crippen molar-refractivity contribution in [2.24, 2.45) is 0 Å². The van der Waals surface area contributed by atoms with Gasteiger partial charge in [-0.25, -0.2) is 0 Å². The second-order valence-corrected chi connectivity index (χ2v) is 2.51. The SMILES string of the molecule is CNc1nn([C]=S)c(NC)c1NC. The first kappa shape index (κ1) is 9.79. The molecule has 0 aromatic carbocycles. The lowest BCUT2D eigenvalue weighted by Crippen LogP contribution is -2.03. The van der Waals surface area contributed by atoms with Gasteiger partial charge in [-0.3, -0.25) is 0 Å². The van der Waals surface area contributed by atoms with E-state index in [-0.39, 0.29) is 0 Å². The topological polar surface area (TPSA) is 53.9 Å². The second-order valence-electron chi connectivity index (χ2n) is 2.33. The number of hydrogen-bond acceptors (Lipinski definition) is 5. The third kappa shape index (κ3) is 1.57. The summed E-state index contributed by atoms with van der Waals surface area (Å²) in [7, 11) is 5.43. The molecule has 1 heterocycles. The van der Waals surface area contributed by atoms with Crippen LogP contribution >= 0.6 is 12.2 Å². The Bertz CT molecular complexity index is 306. The van der Waals surface area contributed by atoms with Gasteiger partial charge in [-0.1, -0.05) is 12.2 Å². The summed E-state index contributed by atoms with van der Waals surface area (Å²) in [6, 6.07) is 0. The van der Waals surface area contributed by atoms with Crippen LogP contribution in [-0.4, -0.2) is 36.4 Å². The van der Waals surface area contributed by atoms with Crippen LogP contribution in [-0.2, 0) is 0 Å². The highest BCUT2D eigenvalue weighted by Gasteiger charge is 2.13. The molecule has 0 saturated carbocycles. The average Bonchev–Trinajstić information content (AvgIpc) is 2.54. The Morgan fingerprint density at radius 2 is 1.92 bits per heavy atom. The van der Waals surface area contributed by atoms with Crippen molar-refractivity contribution >= 4 is 35.0 Å². The number of anilines is 3. The molecule has 1 aromatic rings. The molecule has 0 bridgehead atoms. The zero-order valence-corrected chi connectivity index (χ0v) is 8.62. The molecule has 1 rings (SSSR count). The monoisotopic (exact) mass is 198 g/mol. The van der Waals surface area contributed by atoms with Gasteiger partial charge in [0.25, 0.3) is 0 Å². The van der Waals surface area contributed by atoms with E-state index in [1.807, 2.05) is 7.05 Å². The first-order valence-electron chi connectivity index (χ1n) is 3.82. The Morgan fingerprint density at radius 3 is 2.31 bits per heavy atom. The zero-order chi connectivity index (χ0) is 9.84. The number of nitrogens with zero attached hydrogens (tertiary/aromatic N) is 2. The van der Waals surface area contributed by atoms with Gasteiger partial charge in [-0.15, -0.1) is 5.10 Å². The fourth-order valence-electron chi connectivity index (χ4n) is 1.13. The molecule has 0 aliphatic carbocycles. The van der Waals surface area contributed by atoms with E-state index in [1.54, 1.807) is 14.1 Å². The first-order valence-corrected chi connectivity index (χ1v) is 4.23. The van der Waals surface area contributed by atoms with Gasteiger partial charge in [0.15, 0.2) is 17.1 Å². The molecule has 13 heavy (non-hydrogen) atoms. The van der Waals surface area contributed by atoms with Crippen molar-refractivity contribution in [1.82, 2.24) is 9.78 Å². The van der Waals surface area contributed by atoms with Crippen LogP contribution in [0.5, 0.6) is 0 Å². The van der Waals surface area contributed by atoms with E-state index in [9.17, 15) is 0 Å². The molecule has 0 atom stereocenters. The van der Waals surface area contributed by atoms with Crippen molar-refractivity contribution in [3.05, 3.63) is 0 Å². The van der Waals surface area contributed by atoms with Gasteiger partial charge in [0.1, 0.15) is 5.69 Å². The lowest BCUT2D eigenvalue weighted by atomic mass is 10.4. The molecule has 1 aromatic heterocycles. The summed E-state index contributed by atoms with van der Waals surface area (Å²) in [5, 5.41) is 13.1. The van der Waals surface area contributed by atoms with Gasteiger partial charge in [-0.2, -0.15) is 4.68 Å². The molecule has 3 N–H and O–H groups in total. The van der Waals surface area contributed by atoms with Crippen LogP contribution in [0.1, 0.15) is 0 Å². The molecule has 6 heteroatoms. The van der Waals surface area contributed by atoms with Crippen LogP contribution < -0.4 is 16.0 Å². The van der Waals surface area contributed by atoms with Crippen molar-refractivity contribution in [3.8, 4) is 0 Å². The molecular formula is C7H12N5S. The van der Waals surface area contributed by atoms with Gasteiger partial charge >= 0.3 is 0 Å². The molecule has 5 nitrogen and oxygen atoms in total. The molecule has 0 amide bonds. The summed E-state index contributed by atoms with van der Waals surface area (Å²) in [6.45, 7) is 0. The summed E-state index contributed by atoms with van der Waals surface area (Å²) in [6.07, 6.45) is 0. The summed E-state index contributed by atoms with van der Waals surface area (Å²) in [4.78, 5) is 0. The predicted molar refractivity (Wildman–Crippen MR) is 58.9 cm³/mol. The van der Waals surface area contributed by atoms with E-state index in [2.05, 4.69) is 26.5 Å². The van der Waals surface area contributed by atoms with Gasteiger partial charge in [0.05, 0.1) is 0 Å². The summed E-state index contributed by atoms with van der Waals surface area (Å²) in [5.41, 5.74) is 3.40. The average molecular weight is 198 g/mol. The molecule has 0 unspecified atom stereocenters. The maximum Gasteiger partial charge on any atom is 0.174 e. The number of nitrogens with one attached hydrogen (secondary N) is 3. The lowest BCUT2D eigenvalue weighted by molar-refractivity contribution is 0.973. The normalized spacial score (nSPS) is 9.46.